The van der Waals surface area contributed by atoms with Gasteiger partial charge in [-0.2, -0.15) is 13.2 Å². The average Bonchev–Trinajstić information content (AvgIpc) is 2.54. The summed E-state index contributed by atoms with van der Waals surface area (Å²) in [5.74, 6) is -1.98. The van der Waals surface area contributed by atoms with Crippen LogP contribution in [0.3, 0.4) is 0 Å². The standard InChI is InChI=1S/C14H25F3INO5/c1-9(12(8-20)24-3)19(13(22)14(15,16)17)6-4-5-11(23-2)10(21)7-18/h9-12,20-21H,4-8H2,1-3H3. The van der Waals surface area contributed by atoms with E-state index >= 15 is 0 Å². The summed E-state index contributed by atoms with van der Waals surface area (Å²) in [6, 6.07) is -0.954. The molecule has 0 aliphatic rings. The number of amides is 1. The van der Waals surface area contributed by atoms with E-state index in [9.17, 15) is 28.2 Å². The van der Waals surface area contributed by atoms with E-state index in [0.29, 0.717) is 15.7 Å². The van der Waals surface area contributed by atoms with Gasteiger partial charge in [-0.05, 0) is 19.8 Å². The summed E-state index contributed by atoms with van der Waals surface area (Å²) >= 11 is 1.98. The van der Waals surface area contributed by atoms with Gasteiger partial charge in [0.2, 0.25) is 0 Å². The molecule has 6 nitrogen and oxygen atoms in total. The fourth-order valence-electron chi connectivity index (χ4n) is 2.31. The summed E-state index contributed by atoms with van der Waals surface area (Å²) in [6.45, 7) is 0.697. The molecule has 0 aromatic rings. The maximum Gasteiger partial charge on any atom is 0.471 e. The van der Waals surface area contributed by atoms with Gasteiger partial charge in [0, 0.05) is 25.2 Å². The molecule has 0 aromatic heterocycles. The molecule has 0 radical (unpaired) electrons. The molecule has 0 heterocycles. The van der Waals surface area contributed by atoms with Crippen LogP contribution in [0.25, 0.3) is 0 Å². The number of carbonyl (C=O) groups excluding carboxylic acids is 1. The second-order valence-electron chi connectivity index (χ2n) is 5.33. The third kappa shape index (κ3) is 7.38. The van der Waals surface area contributed by atoms with Crippen LogP contribution in [0, 0.1) is 0 Å². The molecule has 0 rings (SSSR count). The van der Waals surface area contributed by atoms with E-state index < -0.39 is 43.0 Å². The first-order valence-electron chi connectivity index (χ1n) is 7.42. The summed E-state index contributed by atoms with van der Waals surface area (Å²) in [5.41, 5.74) is 0. The van der Waals surface area contributed by atoms with Gasteiger partial charge in [0.05, 0.1) is 24.9 Å². The predicted octanol–water partition coefficient (Wildman–Crippen LogP) is 1.36. The molecule has 0 aliphatic heterocycles. The lowest BCUT2D eigenvalue weighted by atomic mass is 10.1. The van der Waals surface area contributed by atoms with E-state index in [4.69, 9.17) is 9.47 Å². The van der Waals surface area contributed by atoms with Gasteiger partial charge in [0.1, 0.15) is 6.10 Å². The summed E-state index contributed by atoms with van der Waals surface area (Å²) in [7, 11) is 2.67. The molecule has 10 heteroatoms. The minimum atomic E-state index is -5.01. The first-order chi connectivity index (χ1) is 11.1. The molecule has 0 spiro atoms. The zero-order valence-electron chi connectivity index (χ0n) is 13.9. The van der Waals surface area contributed by atoms with E-state index in [1.807, 2.05) is 22.6 Å². The second-order valence-corrected chi connectivity index (χ2v) is 6.21. The smallest absolute Gasteiger partial charge is 0.394 e. The lowest BCUT2D eigenvalue weighted by Crippen LogP contribution is -2.52. The first kappa shape index (κ1) is 23.8. The topological polar surface area (TPSA) is 79.2 Å². The number of aliphatic hydroxyl groups is 2. The number of methoxy groups -OCH3 is 2. The highest BCUT2D eigenvalue weighted by molar-refractivity contribution is 14.1. The van der Waals surface area contributed by atoms with Crippen LogP contribution >= 0.6 is 22.6 Å². The number of alkyl halides is 4. The molecule has 0 fully saturated rings. The Hall–Kier alpha value is -0.170. The van der Waals surface area contributed by atoms with Crippen molar-refractivity contribution >= 4 is 28.5 Å². The van der Waals surface area contributed by atoms with Gasteiger partial charge in [-0.15, -0.1) is 0 Å². The lowest BCUT2D eigenvalue weighted by molar-refractivity contribution is -0.190. The zero-order valence-corrected chi connectivity index (χ0v) is 16.1. The highest BCUT2D eigenvalue weighted by Gasteiger charge is 2.45. The van der Waals surface area contributed by atoms with E-state index in [1.54, 1.807) is 0 Å². The van der Waals surface area contributed by atoms with Crippen molar-refractivity contribution in [1.82, 2.24) is 4.90 Å². The van der Waals surface area contributed by atoms with Crippen LogP contribution in [-0.4, -0.2) is 83.3 Å². The molecule has 144 valence electrons. The Balaban J connectivity index is 4.99. The monoisotopic (exact) mass is 471 g/mol. The molecular weight excluding hydrogens is 446 g/mol. The molecule has 0 aliphatic carbocycles. The van der Waals surface area contributed by atoms with Crippen LogP contribution < -0.4 is 0 Å². The Morgan fingerprint density at radius 2 is 1.79 bits per heavy atom. The van der Waals surface area contributed by atoms with Crippen molar-refractivity contribution in [1.29, 1.82) is 0 Å². The summed E-state index contributed by atoms with van der Waals surface area (Å²) in [4.78, 5) is 12.3. The maximum atomic E-state index is 12.8. The number of ether oxygens (including phenoxy) is 2. The third-order valence-corrected chi connectivity index (χ3v) is 4.70. The first-order valence-corrected chi connectivity index (χ1v) is 8.94. The molecule has 0 aromatic carbocycles. The summed E-state index contributed by atoms with van der Waals surface area (Å²) < 4.78 is 48.9. The molecule has 0 bridgehead atoms. The summed E-state index contributed by atoms with van der Waals surface area (Å²) in [6.07, 6.45) is -6.68. The van der Waals surface area contributed by atoms with Gasteiger partial charge in [-0.3, -0.25) is 4.79 Å². The van der Waals surface area contributed by atoms with Gasteiger partial charge in [0.25, 0.3) is 0 Å². The van der Waals surface area contributed by atoms with Crippen molar-refractivity contribution in [3.8, 4) is 0 Å². The third-order valence-electron chi connectivity index (χ3n) is 3.79. The van der Waals surface area contributed by atoms with E-state index in [0.717, 1.165) is 0 Å². The number of rotatable bonds is 11. The molecule has 0 saturated heterocycles. The van der Waals surface area contributed by atoms with Gasteiger partial charge >= 0.3 is 12.1 Å². The van der Waals surface area contributed by atoms with Crippen LogP contribution in [0.1, 0.15) is 19.8 Å². The quantitative estimate of drug-likeness (QED) is 0.352. The predicted molar refractivity (Wildman–Crippen MR) is 90.0 cm³/mol. The van der Waals surface area contributed by atoms with E-state index in [-0.39, 0.29) is 13.0 Å². The Morgan fingerprint density at radius 3 is 2.17 bits per heavy atom. The number of carbonyl (C=O) groups is 1. The molecular formula is C14H25F3INO5. The van der Waals surface area contributed by atoms with Crippen LogP contribution in [0.15, 0.2) is 0 Å². The number of hydrogen-bond donors (Lipinski definition) is 2. The fourth-order valence-corrected chi connectivity index (χ4v) is 2.87. The van der Waals surface area contributed by atoms with Crippen LogP contribution in [0.4, 0.5) is 13.2 Å². The normalized spacial score (nSPS) is 17.2. The fraction of sp³-hybridized carbons (Fsp3) is 0.929. The van der Waals surface area contributed by atoms with Crippen molar-refractivity contribution in [2.75, 3.05) is 31.8 Å². The maximum absolute atomic E-state index is 12.8. The highest BCUT2D eigenvalue weighted by Crippen LogP contribution is 2.22. The van der Waals surface area contributed by atoms with Gasteiger partial charge in [-0.1, -0.05) is 22.6 Å². The van der Waals surface area contributed by atoms with Crippen molar-refractivity contribution in [2.45, 2.75) is 50.3 Å². The van der Waals surface area contributed by atoms with Crippen molar-refractivity contribution in [3.63, 3.8) is 0 Å². The average molecular weight is 471 g/mol. The number of hydrogen-bond acceptors (Lipinski definition) is 5. The Morgan fingerprint density at radius 1 is 1.25 bits per heavy atom. The lowest BCUT2D eigenvalue weighted by Gasteiger charge is -2.34. The Bertz CT molecular complexity index is 369. The van der Waals surface area contributed by atoms with E-state index in [1.165, 1.54) is 21.1 Å². The molecule has 4 atom stereocenters. The Kier molecular flexibility index (Phi) is 11.4. The highest BCUT2D eigenvalue weighted by atomic mass is 127. The van der Waals surface area contributed by atoms with Crippen molar-refractivity contribution < 1.29 is 37.7 Å². The van der Waals surface area contributed by atoms with Gasteiger partial charge in [0.15, 0.2) is 0 Å². The number of nitrogens with zero attached hydrogens (tertiary/aromatic N) is 1. The minimum absolute atomic E-state index is 0.187. The van der Waals surface area contributed by atoms with Crippen molar-refractivity contribution in [2.24, 2.45) is 0 Å². The van der Waals surface area contributed by atoms with Crippen molar-refractivity contribution in [3.05, 3.63) is 0 Å². The Labute approximate surface area is 153 Å². The SMILES string of the molecule is COC(CCCN(C(=O)C(F)(F)F)C(C)C(CO)OC)C(O)CI. The molecule has 24 heavy (non-hydrogen) atoms. The molecule has 0 saturated carbocycles. The minimum Gasteiger partial charge on any atom is -0.394 e. The van der Waals surface area contributed by atoms with Gasteiger partial charge in [-0.25, -0.2) is 0 Å². The van der Waals surface area contributed by atoms with Crippen LogP contribution in [0.2, 0.25) is 0 Å². The number of halogens is 4. The molecule has 1 amide bonds. The second kappa shape index (κ2) is 11.4. The zero-order chi connectivity index (χ0) is 18.9. The summed E-state index contributed by atoms with van der Waals surface area (Å²) in [5, 5.41) is 18.9. The van der Waals surface area contributed by atoms with Crippen LogP contribution in [-0.2, 0) is 14.3 Å². The largest absolute Gasteiger partial charge is 0.471 e. The molecule has 4 unspecified atom stereocenters. The van der Waals surface area contributed by atoms with Gasteiger partial charge < -0.3 is 24.6 Å². The molecule has 2 N–H and O–H groups in total. The van der Waals surface area contributed by atoms with Crippen LogP contribution in [0.5, 0.6) is 0 Å². The van der Waals surface area contributed by atoms with E-state index in [2.05, 4.69) is 0 Å². The number of aliphatic hydroxyl groups excluding tert-OH is 2.